The fourth-order valence-corrected chi connectivity index (χ4v) is 2.78. The Labute approximate surface area is 127 Å². The van der Waals surface area contributed by atoms with Gasteiger partial charge in [0.2, 0.25) is 5.91 Å². The summed E-state index contributed by atoms with van der Waals surface area (Å²) in [6.45, 7) is 1.78. The third kappa shape index (κ3) is 3.23. The molecule has 0 aromatic heterocycles. The van der Waals surface area contributed by atoms with Crippen LogP contribution in [0, 0.1) is 0 Å². The first-order valence-electron chi connectivity index (χ1n) is 6.90. The molecule has 21 heavy (non-hydrogen) atoms. The van der Waals surface area contributed by atoms with Crippen LogP contribution in [-0.4, -0.2) is 42.9 Å². The Kier molecular flexibility index (Phi) is 4.19. The minimum absolute atomic E-state index is 0.127. The van der Waals surface area contributed by atoms with E-state index in [9.17, 15) is 9.90 Å². The molecule has 7 heteroatoms. The number of rotatable bonds is 3. The molecule has 0 bridgehead atoms. The van der Waals surface area contributed by atoms with Gasteiger partial charge in [-0.05, 0) is 24.1 Å². The van der Waals surface area contributed by atoms with Crippen molar-refractivity contribution in [1.29, 1.82) is 0 Å². The molecule has 2 aliphatic heterocycles. The highest BCUT2D eigenvalue weighted by molar-refractivity contribution is 6.32. The molecule has 1 aromatic carbocycles. The average molecular weight is 313 g/mol. The maximum Gasteiger partial charge on any atom is 0.237 e. The zero-order valence-electron chi connectivity index (χ0n) is 11.4. The van der Waals surface area contributed by atoms with Gasteiger partial charge in [0.1, 0.15) is 13.2 Å². The molecular formula is C14H17ClN2O4. The minimum atomic E-state index is -0.454. The lowest BCUT2D eigenvalue weighted by Crippen LogP contribution is -2.40. The van der Waals surface area contributed by atoms with Crippen molar-refractivity contribution in [2.45, 2.75) is 25.1 Å². The molecule has 1 aromatic rings. The van der Waals surface area contributed by atoms with E-state index < -0.39 is 6.10 Å². The monoisotopic (exact) mass is 312 g/mol. The van der Waals surface area contributed by atoms with Crippen LogP contribution in [-0.2, 0) is 11.3 Å². The van der Waals surface area contributed by atoms with Crippen molar-refractivity contribution in [3.05, 3.63) is 22.7 Å². The Bertz CT molecular complexity index is 552. The second kappa shape index (κ2) is 6.09. The summed E-state index contributed by atoms with van der Waals surface area (Å²) in [5.74, 6) is 1.03. The van der Waals surface area contributed by atoms with E-state index in [-0.39, 0.29) is 11.9 Å². The van der Waals surface area contributed by atoms with Crippen LogP contribution >= 0.6 is 11.6 Å². The summed E-state index contributed by atoms with van der Waals surface area (Å²) in [6, 6.07) is 3.23. The third-order valence-corrected chi connectivity index (χ3v) is 3.83. The molecule has 0 aliphatic carbocycles. The molecule has 0 spiro atoms. The number of aliphatic hydroxyl groups is 1. The number of nitrogens with one attached hydrogen (secondary N) is 2. The summed E-state index contributed by atoms with van der Waals surface area (Å²) >= 11 is 6.15. The van der Waals surface area contributed by atoms with E-state index in [0.29, 0.717) is 49.2 Å². The van der Waals surface area contributed by atoms with Crippen LogP contribution < -0.4 is 20.1 Å². The number of amides is 1. The van der Waals surface area contributed by atoms with E-state index in [1.54, 1.807) is 6.07 Å². The summed E-state index contributed by atoms with van der Waals surface area (Å²) in [6.07, 6.45) is -0.0160. The molecule has 2 heterocycles. The van der Waals surface area contributed by atoms with Crippen LogP contribution in [0.1, 0.15) is 12.0 Å². The second-order valence-corrected chi connectivity index (χ2v) is 5.58. The highest BCUT2D eigenvalue weighted by atomic mass is 35.5. The molecular weight excluding hydrogens is 296 g/mol. The number of benzene rings is 1. The lowest BCUT2D eigenvalue weighted by molar-refractivity contribution is -0.123. The Balaban J connectivity index is 1.63. The van der Waals surface area contributed by atoms with Crippen LogP contribution in [0.5, 0.6) is 11.5 Å². The van der Waals surface area contributed by atoms with Crippen LogP contribution in [0.2, 0.25) is 5.02 Å². The fraction of sp³-hybridized carbons (Fsp3) is 0.500. The van der Waals surface area contributed by atoms with Gasteiger partial charge in [-0.2, -0.15) is 0 Å². The molecule has 114 valence electrons. The molecule has 1 saturated heterocycles. The topological polar surface area (TPSA) is 79.8 Å². The molecule has 2 aliphatic rings. The number of carbonyl (C=O) groups excluding carboxylic acids is 1. The van der Waals surface area contributed by atoms with Crippen LogP contribution in [0.15, 0.2) is 12.1 Å². The minimum Gasteiger partial charge on any atom is -0.486 e. The quantitative estimate of drug-likeness (QED) is 0.755. The average Bonchev–Trinajstić information content (AvgIpc) is 2.91. The number of carbonyl (C=O) groups is 1. The largest absolute Gasteiger partial charge is 0.486 e. The summed E-state index contributed by atoms with van der Waals surface area (Å²) in [5.41, 5.74) is 0.844. The maximum atomic E-state index is 12.0. The summed E-state index contributed by atoms with van der Waals surface area (Å²) in [5, 5.41) is 15.7. The first-order chi connectivity index (χ1) is 10.1. The fourth-order valence-electron chi connectivity index (χ4n) is 2.50. The van der Waals surface area contributed by atoms with Gasteiger partial charge in [-0.3, -0.25) is 4.79 Å². The maximum absolute atomic E-state index is 12.0. The molecule has 1 fully saturated rings. The van der Waals surface area contributed by atoms with Crippen LogP contribution in [0.3, 0.4) is 0 Å². The summed E-state index contributed by atoms with van der Waals surface area (Å²) in [7, 11) is 0. The highest BCUT2D eigenvalue weighted by Crippen LogP contribution is 2.38. The second-order valence-electron chi connectivity index (χ2n) is 5.17. The van der Waals surface area contributed by atoms with Gasteiger partial charge in [-0.25, -0.2) is 0 Å². The van der Waals surface area contributed by atoms with Crippen molar-refractivity contribution in [1.82, 2.24) is 10.6 Å². The molecule has 0 saturated carbocycles. The molecule has 0 unspecified atom stereocenters. The Morgan fingerprint density at radius 1 is 1.43 bits per heavy atom. The summed E-state index contributed by atoms with van der Waals surface area (Å²) < 4.78 is 10.9. The number of fused-ring (bicyclic) bond motifs is 1. The Hall–Kier alpha value is -1.50. The van der Waals surface area contributed by atoms with E-state index in [4.69, 9.17) is 21.1 Å². The van der Waals surface area contributed by atoms with E-state index in [1.807, 2.05) is 6.07 Å². The van der Waals surface area contributed by atoms with E-state index in [1.165, 1.54) is 0 Å². The zero-order valence-corrected chi connectivity index (χ0v) is 12.2. The predicted molar refractivity (Wildman–Crippen MR) is 76.7 cm³/mol. The predicted octanol–water partition coefficient (Wildman–Crippen LogP) is 0.450. The van der Waals surface area contributed by atoms with Crippen molar-refractivity contribution in [3.63, 3.8) is 0 Å². The number of hydrogen-bond acceptors (Lipinski definition) is 5. The number of halogens is 1. The molecule has 3 rings (SSSR count). The normalized spacial score (nSPS) is 23.9. The molecule has 1 amide bonds. The standard InChI is InChI=1S/C14H17ClN2O4/c15-10-3-8(4-12-13(10)21-2-1-20-12)6-17-14(19)11-5-9(18)7-16-11/h3-4,9,11,16,18H,1-2,5-7H2,(H,17,19)/t9-,11-/m1/s1. The molecule has 2 atom stereocenters. The van der Waals surface area contributed by atoms with E-state index >= 15 is 0 Å². The van der Waals surface area contributed by atoms with Crippen molar-refractivity contribution in [3.8, 4) is 11.5 Å². The first kappa shape index (κ1) is 14.4. The molecule has 6 nitrogen and oxygen atoms in total. The van der Waals surface area contributed by atoms with Crippen LogP contribution in [0.4, 0.5) is 0 Å². The Morgan fingerprint density at radius 3 is 3.00 bits per heavy atom. The van der Waals surface area contributed by atoms with Crippen molar-refractivity contribution >= 4 is 17.5 Å². The molecule has 3 N–H and O–H groups in total. The number of aliphatic hydroxyl groups excluding tert-OH is 1. The van der Waals surface area contributed by atoms with Crippen molar-refractivity contribution in [2.75, 3.05) is 19.8 Å². The van der Waals surface area contributed by atoms with Gasteiger partial charge < -0.3 is 25.2 Å². The van der Waals surface area contributed by atoms with Gasteiger partial charge in [0, 0.05) is 13.1 Å². The smallest absolute Gasteiger partial charge is 0.237 e. The van der Waals surface area contributed by atoms with Crippen LogP contribution in [0.25, 0.3) is 0 Å². The van der Waals surface area contributed by atoms with Gasteiger partial charge in [-0.1, -0.05) is 11.6 Å². The van der Waals surface area contributed by atoms with Gasteiger partial charge >= 0.3 is 0 Å². The molecule has 0 radical (unpaired) electrons. The highest BCUT2D eigenvalue weighted by Gasteiger charge is 2.27. The number of β-amino-alcohol motifs (C(OH)–C–C–N with tert-alkyl or cyclic N) is 1. The van der Waals surface area contributed by atoms with Gasteiger partial charge in [-0.15, -0.1) is 0 Å². The lowest BCUT2D eigenvalue weighted by atomic mass is 10.1. The zero-order chi connectivity index (χ0) is 14.8. The van der Waals surface area contributed by atoms with E-state index in [0.717, 1.165) is 5.56 Å². The van der Waals surface area contributed by atoms with Crippen molar-refractivity contribution < 1.29 is 19.4 Å². The SMILES string of the molecule is O=C(NCc1cc(Cl)c2c(c1)OCCO2)[C@H]1C[C@@H](O)CN1. The first-order valence-corrected chi connectivity index (χ1v) is 7.28. The van der Waals surface area contributed by atoms with E-state index in [2.05, 4.69) is 10.6 Å². The van der Waals surface area contributed by atoms with Crippen molar-refractivity contribution in [2.24, 2.45) is 0 Å². The number of ether oxygens (including phenoxy) is 2. The van der Waals surface area contributed by atoms with Gasteiger partial charge in [0.25, 0.3) is 0 Å². The summed E-state index contributed by atoms with van der Waals surface area (Å²) in [4.78, 5) is 12.0. The third-order valence-electron chi connectivity index (χ3n) is 3.55. The van der Waals surface area contributed by atoms with Gasteiger partial charge in [0.15, 0.2) is 11.5 Å². The number of hydrogen-bond donors (Lipinski definition) is 3. The Morgan fingerprint density at radius 2 is 2.24 bits per heavy atom. The van der Waals surface area contributed by atoms with Gasteiger partial charge in [0.05, 0.1) is 17.2 Å². The lowest BCUT2D eigenvalue weighted by Gasteiger charge is -2.20.